The number of benzene rings is 1. The van der Waals surface area contributed by atoms with Gasteiger partial charge in [-0.15, -0.1) is 0 Å². The molecule has 0 spiro atoms. The van der Waals surface area contributed by atoms with Crippen molar-refractivity contribution in [1.29, 1.82) is 0 Å². The molecule has 8 heteroatoms. The van der Waals surface area contributed by atoms with E-state index in [1.807, 2.05) is 30.3 Å². The zero-order valence-electron chi connectivity index (χ0n) is 14.2. The standard InChI is InChI=1S/C19H16N4O4/c24-18(14-9-13(27-23-14)8-12-4-2-1-3-5-12)22-16-11-26-17-6-7-20-10-15(17)21-19(16)25/h1-7,9-10,16H,8,11H2,(H,21,25)(H,22,24)/t16-/m0/s1. The predicted octanol–water partition coefficient (Wildman–Crippen LogP) is 1.79. The van der Waals surface area contributed by atoms with Crippen LogP contribution in [0.3, 0.4) is 0 Å². The minimum atomic E-state index is -0.862. The SMILES string of the molecule is O=C(N[C@H]1COc2ccncc2NC1=O)c1cc(Cc2ccccc2)on1. The molecule has 0 aliphatic carbocycles. The van der Waals surface area contributed by atoms with Gasteiger partial charge < -0.3 is 19.9 Å². The van der Waals surface area contributed by atoms with E-state index in [1.165, 1.54) is 6.20 Å². The van der Waals surface area contributed by atoms with Crippen LogP contribution in [0.15, 0.2) is 59.4 Å². The minimum Gasteiger partial charge on any atom is -0.489 e. The molecule has 2 aromatic heterocycles. The van der Waals surface area contributed by atoms with Gasteiger partial charge in [-0.1, -0.05) is 35.5 Å². The molecule has 2 N–H and O–H groups in total. The highest BCUT2D eigenvalue weighted by Gasteiger charge is 2.27. The molecule has 8 nitrogen and oxygen atoms in total. The summed E-state index contributed by atoms with van der Waals surface area (Å²) >= 11 is 0. The lowest BCUT2D eigenvalue weighted by Gasteiger charge is -2.13. The van der Waals surface area contributed by atoms with E-state index < -0.39 is 11.9 Å². The van der Waals surface area contributed by atoms with E-state index in [2.05, 4.69) is 20.8 Å². The second-order valence-corrected chi connectivity index (χ2v) is 6.04. The van der Waals surface area contributed by atoms with Crippen molar-refractivity contribution in [3.05, 3.63) is 71.9 Å². The van der Waals surface area contributed by atoms with Crippen molar-refractivity contribution in [2.45, 2.75) is 12.5 Å². The number of anilines is 1. The summed E-state index contributed by atoms with van der Waals surface area (Å²) in [6, 6.07) is 12.1. The first-order chi connectivity index (χ1) is 13.2. The Morgan fingerprint density at radius 1 is 1.26 bits per heavy atom. The molecule has 3 aromatic rings. The molecule has 0 bridgehead atoms. The van der Waals surface area contributed by atoms with Gasteiger partial charge in [0.25, 0.3) is 11.8 Å². The van der Waals surface area contributed by atoms with Gasteiger partial charge in [0, 0.05) is 24.8 Å². The van der Waals surface area contributed by atoms with E-state index in [1.54, 1.807) is 18.3 Å². The molecule has 3 heterocycles. The lowest BCUT2D eigenvalue weighted by molar-refractivity contribution is -0.118. The fourth-order valence-electron chi connectivity index (χ4n) is 2.71. The van der Waals surface area contributed by atoms with Crippen molar-refractivity contribution in [2.24, 2.45) is 0 Å². The van der Waals surface area contributed by atoms with Crippen LogP contribution in [-0.4, -0.2) is 34.6 Å². The van der Waals surface area contributed by atoms with Crippen LogP contribution >= 0.6 is 0 Å². The Kier molecular flexibility index (Phi) is 4.52. The molecule has 1 aliphatic rings. The number of hydrogen-bond acceptors (Lipinski definition) is 6. The highest BCUT2D eigenvalue weighted by molar-refractivity contribution is 6.01. The van der Waals surface area contributed by atoms with E-state index in [0.717, 1.165) is 5.56 Å². The highest BCUT2D eigenvalue weighted by atomic mass is 16.5. The van der Waals surface area contributed by atoms with Gasteiger partial charge >= 0.3 is 0 Å². The fraction of sp³-hybridized carbons (Fsp3) is 0.158. The second-order valence-electron chi connectivity index (χ2n) is 6.04. The van der Waals surface area contributed by atoms with Gasteiger partial charge in [-0.25, -0.2) is 0 Å². The summed E-state index contributed by atoms with van der Waals surface area (Å²) in [5.74, 6) is 0.169. The molecule has 136 valence electrons. The predicted molar refractivity (Wildman–Crippen MR) is 95.4 cm³/mol. The maximum Gasteiger partial charge on any atom is 0.274 e. The minimum absolute atomic E-state index is 0.00328. The van der Waals surface area contributed by atoms with Gasteiger partial charge in [0.05, 0.1) is 6.20 Å². The summed E-state index contributed by atoms with van der Waals surface area (Å²) < 4.78 is 10.8. The molecular formula is C19H16N4O4. The third-order valence-electron chi connectivity index (χ3n) is 4.08. The van der Waals surface area contributed by atoms with E-state index >= 15 is 0 Å². The number of nitrogens with zero attached hydrogens (tertiary/aromatic N) is 2. The average molecular weight is 364 g/mol. The quantitative estimate of drug-likeness (QED) is 0.731. The van der Waals surface area contributed by atoms with Gasteiger partial charge in [0.2, 0.25) is 0 Å². The van der Waals surface area contributed by atoms with Crippen LogP contribution in [0.5, 0.6) is 5.75 Å². The fourth-order valence-corrected chi connectivity index (χ4v) is 2.71. The van der Waals surface area contributed by atoms with Crippen molar-refractivity contribution < 1.29 is 18.8 Å². The highest BCUT2D eigenvalue weighted by Crippen LogP contribution is 2.25. The van der Waals surface area contributed by atoms with E-state index in [4.69, 9.17) is 9.26 Å². The molecule has 0 unspecified atom stereocenters. The van der Waals surface area contributed by atoms with Crippen molar-refractivity contribution >= 4 is 17.5 Å². The van der Waals surface area contributed by atoms with Crippen molar-refractivity contribution in [3.63, 3.8) is 0 Å². The number of nitrogens with one attached hydrogen (secondary N) is 2. The van der Waals surface area contributed by atoms with Crippen LogP contribution in [0.25, 0.3) is 0 Å². The number of aromatic nitrogens is 2. The first-order valence-electron chi connectivity index (χ1n) is 8.37. The number of pyridine rings is 1. The Balaban J connectivity index is 1.41. The summed E-state index contributed by atoms with van der Waals surface area (Å²) in [6.45, 7) is 0.00328. The summed E-state index contributed by atoms with van der Waals surface area (Å²) in [5, 5.41) is 9.10. The van der Waals surface area contributed by atoms with Gasteiger partial charge in [-0.05, 0) is 5.56 Å². The van der Waals surface area contributed by atoms with E-state index in [9.17, 15) is 9.59 Å². The molecule has 4 rings (SSSR count). The lowest BCUT2D eigenvalue weighted by atomic mass is 10.1. The third-order valence-corrected chi connectivity index (χ3v) is 4.08. The van der Waals surface area contributed by atoms with Crippen molar-refractivity contribution in [1.82, 2.24) is 15.5 Å². The summed E-state index contributed by atoms with van der Waals surface area (Å²) in [4.78, 5) is 28.7. The van der Waals surface area contributed by atoms with Crippen LogP contribution in [0, 0.1) is 0 Å². The number of fused-ring (bicyclic) bond motifs is 1. The number of hydrogen-bond donors (Lipinski definition) is 2. The maximum atomic E-state index is 12.4. The number of amides is 2. The number of rotatable bonds is 4. The van der Waals surface area contributed by atoms with Crippen LogP contribution in [0.1, 0.15) is 21.8 Å². The molecule has 2 amide bonds. The Morgan fingerprint density at radius 3 is 2.96 bits per heavy atom. The Hall–Kier alpha value is -3.68. The maximum absolute atomic E-state index is 12.4. The van der Waals surface area contributed by atoms with Crippen molar-refractivity contribution in [3.8, 4) is 5.75 Å². The summed E-state index contributed by atoms with van der Waals surface area (Å²) in [7, 11) is 0. The molecule has 0 saturated heterocycles. The van der Waals surface area contributed by atoms with Crippen LogP contribution in [0.4, 0.5) is 5.69 Å². The second kappa shape index (κ2) is 7.28. The number of carbonyl (C=O) groups is 2. The monoisotopic (exact) mass is 364 g/mol. The first-order valence-corrected chi connectivity index (χ1v) is 8.37. The normalized spacial score (nSPS) is 15.9. The zero-order chi connectivity index (χ0) is 18.6. The summed E-state index contributed by atoms with van der Waals surface area (Å²) in [5.41, 5.74) is 1.62. The van der Waals surface area contributed by atoms with Crippen LogP contribution in [0.2, 0.25) is 0 Å². The molecule has 27 heavy (non-hydrogen) atoms. The van der Waals surface area contributed by atoms with Crippen LogP contribution < -0.4 is 15.4 Å². The Bertz CT molecular complexity index is 971. The number of carbonyl (C=O) groups excluding carboxylic acids is 2. The molecule has 0 saturated carbocycles. The van der Waals surface area contributed by atoms with Crippen LogP contribution in [-0.2, 0) is 11.2 Å². The van der Waals surface area contributed by atoms with Gasteiger partial charge in [-0.2, -0.15) is 0 Å². The molecular weight excluding hydrogens is 348 g/mol. The van der Waals surface area contributed by atoms with Crippen molar-refractivity contribution in [2.75, 3.05) is 11.9 Å². The molecule has 0 radical (unpaired) electrons. The van der Waals surface area contributed by atoms with Gasteiger partial charge in [0.15, 0.2) is 5.69 Å². The van der Waals surface area contributed by atoms with Gasteiger partial charge in [0.1, 0.15) is 29.8 Å². The molecule has 1 aliphatic heterocycles. The summed E-state index contributed by atoms with van der Waals surface area (Å²) in [6.07, 6.45) is 3.58. The van der Waals surface area contributed by atoms with E-state index in [-0.39, 0.29) is 18.2 Å². The zero-order valence-corrected chi connectivity index (χ0v) is 14.2. The molecule has 0 fully saturated rings. The van der Waals surface area contributed by atoms with Gasteiger partial charge in [-0.3, -0.25) is 14.6 Å². The largest absolute Gasteiger partial charge is 0.489 e. The Morgan fingerprint density at radius 2 is 2.11 bits per heavy atom. The first kappa shape index (κ1) is 16.8. The smallest absolute Gasteiger partial charge is 0.274 e. The topological polar surface area (TPSA) is 106 Å². The molecule has 1 aromatic carbocycles. The lowest BCUT2D eigenvalue weighted by Crippen LogP contribution is -2.46. The molecule has 1 atom stereocenters. The third kappa shape index (κ3) is 3.79. The van der Waals surface area contributed by atoms with E-state index in [0.29, 0.717) is 23.6 Å². The average Bonchev–Trinajstić information content (AvgIpc) is 3.09. The Labute approximate surface area is 154 Å². The number of ether oxygens (including phenoxy) is 1.